The molecule has 1 aromatic rings. The summed E-state index contributed by atoms with van der Waals surface area (Å²) in [6, 6.07) is 8.22. The molecule has 1 aliphatic carbocycles. The van der Waals surface area contributed by atoms with Gasteiger partial charge >= 0.3 is 5.97 Å². The van der Waals surface area contributed by atoms with Crippen molar-refractivity contribution in [3.63, 3.8) is 0 Å². The zero-order valence-corrected chi connectivity index (χ0v) is 13.5. The third-order valence-corrected chi connectivity index (χ3v) is 4.02. The molecule has 1 aromatic carbocycles. The number of esters is 1. The first-order chi connectivity index (χ1) is 11.9. The van der Waals surface area contributed by atoms with Gasteiger partial charge in [-0.05, 0) is 12.1 Å². The number of ether oxygens (including phenoxy) is 2. The highest BCUT2D eigenvalue weighted by molar-refractivity contribution is 5.95. The molecule has 0 saturated heterocycles. The van der Waals surface area contributed by atoms with Crippen LogP contribution in [0.15, 0.2) is 30.3 Å². The van der Waals surface area contributed by atoms with Crippen molar-refractivity contribution in [2.24, 2.45) is 0 Å². The lowest BCUT2D eigenvalue weighted by atomic mass is 9.84. The predicted molar refractivity (Wildman–Crippen MR) is 83.5 cm³/mol. The molecule has 9 heteroatoms. The van der Waals surface area contributed by atoms with E-state index < -0.39 is 55.0 Å². The molecule has 0 aromatic heterocycles. The summed E-state index contributed by atoms with van der Waals surface area (Å²) in [6.45, 7) is -0.484. The van der Waals surface area contributed by atoms with E-state index in [0.717, 1.165) is 0 Å². The molecule has 0 spiro atoms. The molecule has 0 aliphatic heterocycles. The fourth-order valence-electron chi connectivity index (χ4n) is 2.63. The van der Waals surface area contributed by atoms with Gasteiger partial charge in [-0.3, -0.25) is 9.59 Å². The number of nitrogens with one attached hydrogen (secondary N) is 1. The van der Waals surface area contributed by atoms with E-state index in [1.807, 2.05) is 0 Å². The smallest absolute Gasteiger partial charge is 0.325 e. The van der Waals surface area contributed by atoms with Crippen LogP contribution in [0, 0.1) is 0 Å². The van der Waals surface area contributed by atoms with Gasteiger partial charge in [-0.1, -0.05) is 18.2 Å². The number of aliphatic hydroxyl groups excluding tert-OH is 4. The highest BCUT2D eigenvalue weighted by Crippen LogP contribution is 2.25. The number of carbonyl (C=O) groups excluding carboxylic acids is 2. The summed E-state index contributed by atoms with van der Waals surface area (Å²) in [5.74, 6) is -1.38. The van der Waals surface area contributed by atoms with Crippen LogP contribution in [0.1, 0.15) is 10.4 Å². The van der Waals surface area contributed by atoms with Gasteiger partial charge in [0.15, 0.2) is 6.10 Å². The van der Waals surface area contributed by atoms with Crippen molar-refractivity contribution >= 4 is 11.9 Å². The van der Waals surface area contributed by atoms with Crippen molar-refractivity contribution in [1.29, 1.82) is 0 Å². The van der Waals surface area contributed by atoms with Crippen molar-refractivity contribution in [3.05, 3.63) is 35.9 Å². The third-order valence-electron chi connectivity index (χ3n) is 4.02. The van der Waals surface area contributed by atoms with Crippen LogP contribution in [-0.4, -0.2) is 82.6 Å². The van der Waals surface area contributed by atoms with E-state index in [4.69, 9.17) is 9.47 Å². The van der Waals surface area contributed by atoms with Gasteiger partial charge < -0.3 is 35.2 Å². The number of methoxy groups -OCH3 is 1. The number of hydrogen-bond acceptors (Lipinski definition) is 8. The summed E-state index contributed by atoms with van der Waals surface area (Å²) in [5, 5.41) is 41.5. The van der Waals surface area contributed by atoms with E-state index in [2.05, 4.69) is 5.32 Å². The van der Waals surface area contributed by atoms with Crippen LogP contribution in [-0.2, 0) is 14.3 Å². The van der Waals surface area contributed by atoms with E-state index in [1.54, 1.807) is 30.3 Å². The predicted octanol–water partition coefficient (Wildman–Crippen LogP) is -2.20. The quantitative estimate of drug-likeness (QED) is 0.374. The molecule has 9 nitrogen and oxygen atoms in total. The first-order valence-electron chi connectivity index (χ1n) is 7.64. The van der Waals surface area contributed by atoms with Crippen molar-refractivity contribution in [2.75, 3.05) is 13.7 Å². The lowest BCUT2D eigenvalue weighted by Crippen LogP contribution is -2.65. The Morgan fingerprint density at radius 1 is 0.960 bits per heavy atom. The van der Waals surface area contributed by atoms with Gasteiger partial charge in [0.1, 0.15) is 37.1 Å². The average molecular weight is 355 g/mol. The van der Waals surface area contributed by atoms with Gasteiger partial charge in [-0.15, -0.1) is 0 Å². The number of aliphatic hydroxyl groups is 4. The summed E-state index contributed by atoms with van der Waals surface area (Å²) in [4.78, 5) is 23.8. The standard InChI is InChI=1S/C16H21NO8/c1-24-14-12(21)10(19)11(20)13(22)15(14)25-9(18)7-17-16(23)8-5-3-2-4-6-8/h2-6,10-15,19-22H,7H2,1H3,(H,17,23). The molecule has 25 heavy (non-hydrogen) atoms. The van der Waals surface area contributed by atoms with E-state index in [9.17, 15) is 30.0 Å². The fourth-order valence-corrected chi connectivity index (χ4v) is 2.63. The van der Waals surface area contributed by atoms with E-state index >= 15 is 0 Å². The summed E-state index contributed by atoms with van der Waals surface area (Å²) < 4.78 is 9.98. The Morgan fingerprint density at radius 3 is 2.08 bits per heavy atom. The molecule has 5 N–H and O–H groups in total. The highest BCUT2D eigenvalue weighted by Gasteiger charge is 2.51. The molecular weight excluding hydrogens is 334 g/mol. The molecular formula is C16H21NO8. The molecule has 1 fully saturated rings. The second-order valence-electron chi connectivity index (χ2n) is 5.67. The lowest BCUT2D eigenvalue weighted by Gasteiger charge is -2.42. The van der Waals surface area contributed by atoms with Gasteiger partial charge in [0.05, 0.1) is 0 Å². The van der Waals surface area contributed by atoms with Gasteiger partial charge in [0.2, 0.25) is 0 Å². The largest absolute Gasteiger partial charge is 0.455 e. The fraction of sp³-hybridized carbons (Fsp3) is 0.500. The van der Waals surface area contributed by atoms with E-state index in [-0.39, 0.29) is 0 Å². The van der Waals surface area contributed by atoms with Gasteiger partial charge in [0.25, 0.3) is 5.91 Å². The minimum Gasteiger partial charge on any atom is -0.455 e. The summed E-state index contributed by atoms with van der Waals surface area (Å²) in [6.07, 6.45) is -9.20. The Labute approximate surface area is 143 Å². The number of benzene rings is 1. The van der Waals surface area contributed by atoms with Gasteiger partial charge in [-0.25, -0.2) is 0 Å². The average Bonchev–Trinajstić information content (AvgIpc) is 2.63. The normalized spacial score (nSPS) is 32.0. The van der Waals surface area contributed by atoms with Crippen LogP contribution in [0.5, 0.6) is 0 Å². The summed E-state index contributed by atoms with van der Waals surface area (Å²) >= 11 is 0. The zero-order valence-electron chi connectivity index (χ0n) is 13.5. The maximum Gasteiger partial charge on any atom is 0.325 e. The minimum atomic E-state index is -1.71. The maximum absolute atomic E-state index is 11.9. The molecule has 0 heterocycles. The zero-order chi connectivity index (χ0) is 18.6. The Kier molecular flexibility index (Phi) is 6.45. The summed E-state index contributed by atoms with van der Waals surface area (Å²) in [5.41, 5.74) is 0.358. The topological polar surface area (TPSA) is 146 Å². The van der Waals surface area contributed by atoms with Crippen LogP contribution in [0.2, 0.25) is 0 Å². The van der Waals surface area contributed by atoms with Crippen LogP contribution in [0.3, 0.4) is 0 Å². The van der Waals surface area contributed by atoms with Crippen molar-refractivity contribution in [2.45, 2.75) is 36.6 Å². The second-order valence-corrected chi connectivity index (χ2v) is 5.67. The van der Waals surface area contributed by atoms with Gasteiger partial charge in [0, 0.05) is 12.7 Å². The monoisotopic (exact) mass is 355 g/mol. The van der Waals surface area contributed by atoms with Crippen LogP contribution in [0.4, 0.5) is 0 Å². The minimum absolute atomic E-state index is 0.358. The van der Waals surface area contributed by atoms with E-state index in [0.29, 0.717) is 5.56 Å². The molecule has 1 saturated carbocycles. The van der Waals surface area contributed by atoms with E-state index in [1.165, 1.54) is 7.11 Å². The number of rotatable bonds is 5. The molecule has 1 aliphatic rings. The first-order valence-corrected chi connectivity index (χ1v) is 7.64. The lowest BCUT2D eigenvalue weighted by molar-refractivity contribution is -0.238. The number of amides is 1. The molecule has 2 rings (SSSR count). The molecule has 6 atom stereocenters. The molecule has 138 valence electrons. The van der Waals surface area contributed by atoms with Crippen LogP contribution in [0.25, 0.3) is 0 Å². The molecule has 6 unspecified atom stereocenters. The SMILES string of the molecule is COC1C(O)C(O)C(O)C(O)C1OC(=O)CNC(=O)c1ccccc1. The van der Waals surface area contributed by atoms with Crippen LogP contribution >= 0.6 is 0 Å². The Balaban J connectivity index is 1.95. The number of hydrogen-bond donors (Lipinski definition) is 5. The van der Waals surface area contributed by atoms with Crippen molar-refractivity contribution in [3.8, 4) is 0 Å². The van der Waals surface area contributed by atoms with Gasteiger partial charge in [-0.2, -0.15) is 0 Å². The molecule has 0 bridgehead atoms. The highest BCUT2D eigenvalue weighted by atomic mass is 16.6. The molecule has 1 amide bonds. The van der Waals surface area contributed by atoms with Crippen molar-refractivity contribution in [1.82, 2.24) is 5.32 Å². The second kappa shape index (κ2) is 8.37. The number of carbonyl (C=O) groups is 2. The first kappa shape index (κ1) is 19.3. The van der Waals surface area contributed by atoms with Crippen LogP contribution < -0.4 is 5.32 Å². The summed E-state index contributed by atoms with van der Waals surface area (Å²) in [7, 11) is 1.20. The van der Waals surface area contributed by atoms with Crippen molar-refractivity contribution < 1.29 is 39.5 Å². The Bertz CT molecular complexity index is 595. The maximum atomic E-state index is 11.9. The Morgan fingerprint density at radius 2 is 1.52 bits per heavy atom. The molecule has 0 radical (unpaired) electrons. The Hall–Kier alpha value is -2.04. The third kappa shape index (κ3) is 4.33.